The highest BCUT2D eigenvalue weighted by atomic mass is 19.1. The van der Waals surface area contributed by atoms with Gasteiger partial charge in [0.05, 0.1) is 6.54 Å². The lowest BCUT2D eigenvalue weighted by atomic mass is 10.0. The highest BCUT2D eigenvalue weighted by Gasteiger charge is 2.19. The van der Waals surface area contributed by atoms with E-state index >= 15 is 0 Å². The molecular formula is C7H16FN2+. The second-order valence-electron chi connectivity index (χ2n) is 2.99. The zero-order chi connectivity index (χ0) is 7.40. The third-order valence-corrected chi connectivity index (χ3v) is 2.05. The molecule has 60 valence electrons. The van der Waals surface area contributed by atoms with E-state index in [0.29, 0.717) is 6.54 Å². The van der Waals surface area contributed by atoms with E-state index in [9.17, 15) is 4.39 Å². The molecule has 1 fully saturated rings. The fourth-order valence-corrected chi connectivity index (χ4v) is 1.30. The first-order valence-electron chi connectivity index (χ1n) is 4.02. The summed E-state index contributed by atoms with van der Waals surface area (Å²) in [6.45, 7) is 1.62. The van der Waals surface area contributed by atoms with Gasteiger partial charge in [-0.3, -0.25) is 0 Å². The predicted octanol–water partition coefficient (Wildman–Crippen LogP) is -0.601. The van der Waals surface area contributed by atoms with E-state index in [2.05, 4.69) is 0 Å². The summed E-state index contributed by atoms with van der Waals surface area (Å²) < 4.78 is 12.9. The van der Waals surface area contributed by atoms with Gasteiger partial charge in [-0.2, -0.15) is 0 Å². The van der Waals surface area contributed by atoms with E-state index in [1.54, 1.807) is 0 Å². The lowest BCUT2D eigenvalue weighted by molar-refractivity contribution is -0.661. The molecule has 0 aliphatic carbocycles. The Bertz CT molecular complexity index is 85.6. The van der Waals surface area contributed by atoms with Crippen molar-refractivity contribution in [3.8, 4) is 0 Å². The first kappa shape index (κ1) is 7.95. The molecule has 0 amide bonds. The quantitative estimate of drug-likeness (QED) is 0.472. The summed E-state index contributed by atoms with van der Waals surface area (Å²) in [6.07, 6.45) is 2.33. The normalized spacial score (nSPS) is 36.6. The number of halogens is 1. The van der Waals surface area contributed by atoms with Crippen molar-refractivity contribution in [2.45, 2.75) is 31.5 Å². The average Bonchev–Trinajstić information content (AvgIpc) is 1.92. The molecule has 1 aliphatic heterocycles. The second-order valence-corrected chi connectivity index (χ2v) is 2.99. The Morgan fingerprint density at radius 3 is 3.00 bits per heavy atom. The number of hydrogen-bond donors (Lipinski definition) is 2. The van der Waals surface area contributed by atoms with Gasteiger partial charge in [-0.25, -0.2) is 4.39 Å². The molecule has 0 bridgehead atoms. The number of nitrogens with two attached hydrogens (primary N) is 2. The zero-order valence-electron chi connectivity index (χ0n) is 6.22. The van der Waals surface area contributed by atoms with Crippen LogP contribution in [0.5, 0.6) is 0 Å². The van der Waals surface area contributed by atoms with Gasteiger partial charge in [0.2, 0.25) is 0 Å². The summed E-state index contributed by atoms with van der Waals surface area (Å²) in [4.78, 5) is 0. The highest BCUT2D eigenvalue weighted by Crippen LogP contribution is 2.05. The van der Waals surface area contributed by atoms with Gasteiger partial charge in [-0.15, -0.1) is 0 Å². The molecule has 10 heavy (non-hydrogen) atoms. The van der Waals surface area contributed by atoms with Crippen LogP contribution >= 0.6 is 0 Å². The third-order valence-electron chi connectivity index (χ3n) is 2.05. The van der Waals surface area contributed by atoms with Crippen LogP contribution in [-0.4, -0.2) is 25.3 Å². The Morgan fingerprint density at radius 1 is 1.40 bits per heavy atom. The minimum atomic E-state index is -0.791. The minimum absolute atomic E-state index is 0.212. The summed E-state index contributed by atoms with van der Waals surface area (Å²) in [5.41, 5.74) is 5.55. The predicted molar refractivity (Wildman–Crippen MR) is 38.4 cm³/mol. The molecule has 0 spiro atoms. The van der Waals surface area contributed by atoms with Crippen molar-refractivity contribution in [2.24, 2.45) is 5.73 Å². The molecule has 1 saturated heterocycles. The monoisotopic (exact) mass is 147 g/mol. The summed E-state index contributed by atoms with van der Waals surface area (Å²) in [6, 6.07) is -0.212. The number of quaternary nitrogens is 1. The van der Waals surface area contributed by atoms with E-state index in [1.807, 2.05) is 5.32 Å². The Hall–Kier alpha value is -0.150. The van der Waals surface area contributed by atoms with Gasteiger partial charge in [-0.1, -0.05) is 0 Å². The van der Waals surface area contributed by atoms with Gasteiger partial charge in [0.25, 0.3) is 0 Å². The summed E-state index contributed by atoms with van der Waals surface area (Å²) in [5, 5.41) is 2.02. The van der Waals surface area contributed by atoms with Crippen LogP contribution in [-0.2, 0) is 0 Å². The summed E-state index contributed by atoms with van der Waals surface area (Å²) in [5.74, 6) is 0. The lowest BCUT2D eigenvalue weighted by Gasteiger charge is -2.17. The number of hydrogen-bond acceptors (Lipinski definition) is 1. The van der Waals surface area contributed by atoms with E-state index in [4.69, 9.17) is 5.73 Å². The Balaban J connectivity index is 2.28. The molecule has 0 saturated carbocycles. The van der Waals surface area contributed by atoms with Gasteiger partial charge < -0.3 is 11.1 Å². The van der Waals surface area contributed by atoms with Gasteiger partial charge in [0.15, 0.2) is 6.17 Å². The van der Waals surface area contributed by atoms with Crippen LogP contribution in [0.4, 0.5) is 4.39 Å². The molecule has 0 aromatic carbocycles. The van der Waals surface area contributed by atoms with Gasteiger partial charge in [0, 0.05) is 6.04 Å². The number of alkyl halides is 1. The largest absolute Gasteiger partial charge is 0.344 e. The molecule has 1 rings (SSSR count). The summed E-state index contributed by atoms with van der Waals surface area (Å²) >= 11 is 0. The van der Waals surface area contributed by atoms with Crippen LogP contribution < -0.4 is 11.1 Å². The van der Waals surface area contributed by atoms with Crippen molar-refractivity contribution in [1.29, 1.82) is 0 Å². The fourth-order valence-electron chi connectivity index (χ4n) is 1.30. The van der Waals surface area contributed by atoms with Gasteiger partial charge in [0.1, 0.15) is 6.54 Å². The van der Waals surface area contributed by atoms with Crippen molar-refractivity contribution in [3.05, 3.63) is 0 Å². The van der Waals surface area contributed by atoms with Crippen molar-refractivity contribution in [3.63, 3.8) is 0 Å². The Kier molecular flexibility index (Phi) is 3.09. The maximum atomic E-state index is 12.9. The average molecular weight is 147 g/mol. The van der Waals surface area contributed by atoms with Gasteiger partial charge >= 0.3 is 0 Å². The first-order chi connectivity index (χ1) is 4.80. The molecule has 2 atom stereocenters. The van der Waals surface area contributed by atoms with E-state index in [1.165, 1.54) is 6.42 Å². The van der Waals surface area contributed by atoms with Crippen LogP contribution in [0.3, 0.4) is 0 Å². The molecule has 4 N–H and O–H groups in total. The standard InChI is InChI=1S/C7H15FN2/c8-6-5-10-4-2-1-3-7(6)9/h6-7,10H,1-5,9H2/p+1. The van der Waals surface area contributed by atoms with E-state index < -0.39 is 6.17 Å². The molecule has 0 aromatic rings. The Morgan fingerprint density at radius 2 is 2.20 bits per heavy atom. The molecule has 2 nitrogen and oxygen atoms in total. The van der Waals surface area contributed by atoms with Crippen molar-refractivity contribution in [1.82, 2.24) is 0 Å². The molecule has 0 aromatic heterocycles. The summed E-state index contributed by atoms with van der Waals surface area (Å²) in [7, 11) is 0. The molecular weight excluding hydrogens is 131 g/mol. The van der Waals surface area contributed by atoms with Crippen LogP contribution in [0.1, 0.15) is 19.3 Å². The van der Waals surface area contributed by atoms with Crippen LogP contribution in [0, 0.1) is 0 Å². The van der Waals surface area contributed by atoms with Crippen molar-refractivity contribution >= 4 is 0 Å². The number of rotatable bonds is 0. The lowest BCUT2D eigenvalue weighted by Crippen LogP contribution is -2.87. The molecule has 0 radical (unpaired) electrons. The molecule has 1 aliphatic rings. The van der Waals surface area contributed by atoms with Crippen molar-refractivity contribution < 1.29 is 9.71 Å². The first-order valence-corrected chi connectivity index (χ1v) is 4.02. The third kappa shape index (κ3) is 2.23. The minimum Gasteiger partial charge on any atom is -0.344 e. The van der Waals surface area contributed by atoms with E-state index in [0.717, 1.165) is 19.4 Å². The van der Waals surface area contributed by atoms with Crippen LogP contribution in [0.15, 0.2) is 0 Å². The SMILES string of the molecule is NC1CCCC[NH2+]CC1F. The maximum absolute atomic E-state index is 12.9. The van der Waals surface area contributed by atoms with E-state index in [-0.39, 0.29) is 6.04 Å². The highest BCUT2D eigenvalue weighted by molar-refractivity contribution is 4.71. The van der Waals surface area contributed by atoms with Gasteiger partial charge in [-0.05, 0) is 19.3 Å². The fraction of sp³-hybridized carbons (Fsp3) is 1.00. The maximum Gasteiger partial charge on any atom is 0.163 e. The smallest absolute Gasteiger partial charge is 0.163 e. The molecule has 1 heterocycles. The molecule has 3 heteroatoms. The second kappa shape index (κ2) is 3.88. The topological polar surface area (TPSA) is 42.6 Å². The Labute approximate surface area is 61.0 Å². The van der Waals surface area contributed by atoms with Crippen molar-refractivity contribution in [2.75, 3.05) is 13.1 Å². The zero-order valence-corrected chi connectivity index (χ0v) is 6.22. The van der Waals surface area contributed by atoms with Crippen LogP contribution in [0.2, 0.25) is 0 Å². The molecule has 2 unspecified atom stereocenters. The van der Waals surface area contributed by atoms with Crippen LogP contribution in [0.25, 0.3) is 0 Å².